The first-order valence-corrected chi connectivity index (χ1v) is 7.45. The van der Waals surface area contributed by atoms with Crippen LogP contribution in [0.2, 0.25) is 0 Å². The van der Waals surface area contributed by atoms with Gasteiger partial charge in [0, 0.05) is 6.04 Å². The van der Waals surface area contributed by atoms with Gasteiger partial charge in [-0.15, -0.1) is 0 Å². The predicted molar refractivity (Wildman–Crippen MR) is 87.5 cm³/mol. The Morgan fingerprint density at radius 3 is 2.27 bits per heavy atom. The zero-order valence-electron chi connectivity index (χ0n) is 13.0. The molecule has 0 heterocycles. The summed E-state index contributed by atoms with van der Waals surface area (Å²) in [6.45, 7) is 4.61. The molecule has 2 aromatic carbocycles. The van der Waals surface area contributed by atoms with Crippen LogP contribution >= 0.6 is 0 Å². The molecule has 0 aliphatic carbocycles. The average Bonchev–Trinajstić information content (AvgIpc) is 2.54. The third-order valence-corrected chi connectivity index (χ3v) is 3.53. The predicted octanol–water partition coefficient (Wildman–Crippen LogP) is 2.96. The molecule has 0 aliphatic rings. The summed E-state index contributed by atoms with van der Waals surface area (Å²) in [5.41, 5.74) is 7.48. The first-order chi connectivity index (χ1) is 10.6. The van der Waals surface area contributed by atoms with E-state index < -0.39 is 6.04 Å². The number of nitrogens with one attached hydrogen (secondary N) is 1. The Morgan fingerprint density at radius 2 is 1.73 bits per heavy atom. The number of primary amides is 1. The molecule has 0 spiro atoms. The minimum atomic E-state index is -0.511. The van der Waals surface area contributed by atoms with Gasteiger partial charge in [-0.2, -0.15) is 0 Å². The van der Waals surface area contributed by atoms with Gasteiger partial charge in [-0.3, -0.25) is 10.1 Å². The maximum absolute atomic E-state index is 11.7. The van der Waals surface area contributed by atoms with Crippen LogP contribution in [0, 0.1) is 0 Å². The number of ether oxygens (including phenoxy) is 1. The second-order valence-electron chi connectivity index (χ2n) is 5.14. The molecular weight excluding hydrogens is 276 g/mol. The lowest BCUT2D eigenvalue weighted by Crippen LogP contribution is -2.35. The number of carbonyl (C=O) groups is 1. The zero-order chi connectivity index (χ0) is 15.9. The van der Waals surface area contributed by atoms with Crippen LogP contribution in [-0.4, -0.2) is 12.5 Å². The molecule has 2 rings (SSSR count). The van der Waals surface area contributed by atoms with Crippen LogP contribution in [0.4, 0.5) is 0 Å². The zero-order valence-corrected chi connectivity index (χ0v) is 13.0. The largest absolute Gasteiger partial charge is 0.494 e. The second-order valence-corrected chi connectivity index (χ2v) is 5.14. The summed E-state index contributed by atoms with van der Waals surface area (Å²) >= 11 is 0. The van der Waals surface area contributed by atoms with Gasteiger partial charge in [-0.25, -0.2) is 0 Å². The molecule has 0 aromatic heterocycles. The molecule has 116 valence electrons. The Kier molecular flexibility index (Phi) is 5.55. The fourth-order valence-electron chi connectivity index (χ4n) is 2.35. The Labute approximate surface area is 131 Å². The van der Waals surface area contributed by atoms with E-state index in [9.17, 15) is 4.79 Å². The molecule has 0 saturated carbocycles. The van der Waals surface area contributed by atoms with E-state index in [1.54, 1.807) is 0 Å². The van der Waals surface area contributed by atoms with Crippen molar-refractivity contribution in [3.8, 4) is 5.75 Å². The molecule has 1 amide bonds. The quantitative estimate of drug-likeness (QED) is 0.826. The van der Waals surface area contributed by atoms with Crippen LogP contribution < -0.4 is 15.8 Å². The highest BCUT2D eigenvalue weighted by atomic mass is 16.5. The molecule has 2 atom stereocenters. The highest BCUT2D eigenvalue weighted by molar-refractivity contribution is 5.81. The van der Waals surface area contributed by atoms with Crippen LogP contribution in [0.15, 0.2) is 54.6 Å². The van der Waals surface area contributed by atoms with Crippen molar-refractivity contribution in [2.75, 3.05) is 6.61 Å². The number of carbonyl (C=O) groups excluding carboxylic acids is 1. The normalized spacial score (nSPS) is 13.4. The lowest BCUT2D eigenvalue weighted by molar-refractivity contribution is -0.120. The van der Waals surface area contributed by atoms with Crippen LogP contribution in [0.3, 0.4) is 0 Å². The Balaban J connectivity index is 2.11. The highest BCUT2D eigenvalue weighted by Crippen LogP contribution is 2.21. The fraction of sp³-hybridized carbons (Fsp3) is 0.278. The topological polar surface area (TPSA) is 64.3 Å². The molecule has 0 radical (unpaired) electrons. The first-order valence-electron chi connectivity index (χ1n) is 7.45. The number of hydrogen-bond acceptors (Lipinski definition) is 3. The summed E-state index contributed by atoms with van der Waals surface area (Å²) in [7, 11) is 0. The van der Waals surface area contributed by atoms with E-state index in [0.717, 1.165) is 16.9 Å². The van der Waals surface area contributed by atoms with E-state index in [2.05, 4.69) is 5.32 Å². The highest BCUT2D eigenvalue weighted by Gasteiger charge is 2.20. The molecule has 0 saturated heterocycles. The van der Waals surface area contributed by atoms with Gasteiger partial charge in [0.05, 0.1) is 6.61 Å². The van der Waals surface area contributed by atoms with Crippen molar-refractivity contribution in [3.63, 3.8) is 0 Å². The second kappa shape index (κ2) is 7.61. The van der Waals surface area contributed by atoms with E-state index >= 15 is 0 Å². The van der Waals surface area contributed by atoms with Crippen molar-refractivity contribution < 1.29 is 9.53 Å². The van der Waals surface area contributed by atoms with E-state index in [1.165, 1.54) is 0 Å². The SMILES string of the molecule is CCOc1ccc([C@H](C)N[C@H](C(N)=O)c2ccccc2)cc1. The molecule has 0 unspecified atom stereocenters. The van der Waals surface area contributed by atoms with E-state index in [4.69, 9.17) is 10.5 Å². The molecule has 0 fully saturated rings. The number of amides is 1. The van der Waals surface area contributed by atoms with Crippen LogP contribution in [0.25, 0.3) is 0 Å². The Morgan fingerprint density at radius 1 is 1.09 bits per heavy atom. The van der Waals surface area contributed by atoms with Gasteiger partial charge in [-0.05, 0) is 37.1 Å². The molecule has 0 bridgehead atoms. The van der Waals surface area contributed by atoms with Crippen LogP contribution in [0.1, 0.15) is 37.1 Å². The Hall–Kier alpha value is -2.33. The molecule has 4 nitrogen and oxygen atoms in total. The third-order valence-electron chi connectivity index (χ3n) is 3.53. The summed E-state index contributed by atoms with van der Waals surface area (Å²) in [5.74, 6) is 0.456. The van der Waals surface area contributed by atoms with Gasteiger partial charge in [0.15, 0.2) is 0 Å². The average molecular weight is 298 g/mol. The molecule has 3 N–H and O–H groups in total. The molecular formula is C18H22N2O2. The van der Waals surface area contributed by atoms with Crippen LogP contribution in [0.5, 0.6) is 5.75 Å². The summed E-state index contributed by atoms with van der Waals surface area (Å²) in [6, 6.07) is 16.8. The maximum atomic E-state index is 11.7. The molecule has 0 aliphatic heterocycles. The van der Waals surface area contributed by atoms with Gasteiger partial charge in [0.1, 0.15) is 11.8 Å². The lowest BCUT2D eigenvalue weighted by atomic mass is 10.0. The minimum Gasteiger partial charge on any atom is -0.494 e. The van der Waals surface area contributed by atoms with Gasteiger partial charge in [-0.1, -0.05) is 42.5 Å². The number of nitrogens with two attached hydrogens (primary N) is 1. The number of rotatable bonds is 7. The van der Waals surface area contributed by atoms with Crippen molar-refractivity contribution in [2.45, 2.75) is 25.9 Å². The van der Waals surface area contributed by atoms with Crippen molar-refractivity contribution in [3.05, 3.63) is 65.7 Å². The smallest absolute Gasteiger partial charge is 0.239 e. The van der Waals surface area contributed by atoms with Gasteiger partial charge in [0.2, 0.25) is 5.91 Å². The van der Waals surface area contributed by atoms with E-state index in [-0.39, 0.29) is 11.9 Å². The summed E-state index contributed by atoms with van der Waals surface area (Å²) < 4.78 is 5.43. The molecule has 22 heavy (non-hydrogen) atoms. The molecule has 4 heteroatoms. The monoisotopic (exact) mass is 298 g/mol. The van der Waals surface area contributed by atoms with Gasteiger partial charge >= 0.3 is 0 Å². The van der Waals surface area contributed by atoms with E-state index in [1.807, 2.05) is 68.4 Å². The summed E-state index contributed by atoms with van der Waals surface area (Å²) in [6.07, 6.45) is 0. The number of benzene rings is 2. The summed E-state index contributed by atoms with van der Waals surface area (Å²) in [4.78, 5) is 11.7. The standard InChI is InChI=1S/C18H22N2O2/c1-3-22-16-11-9-14(10-12-16)13(2)20-17(18(19)21)15-7-5-4-6-8-15/h4-13,17,20H,3H2,1-2H3,(H2,19,21)/t13-,17-/m0/s1. The fourth-order valence-corrected chi connectivity index (χ4v) is 2.35. The third kappa shape index (κ3) is 4.09. The van der Waals surface area contributed by atoms with Gasteiger partial charge in [0.25, 0.3) is 0 Å². The lowest BCUT2D eigenvalue weighted by Gasteiger charge is -2.22. The van der Waals surface area contributed by atoms with Crippen LogP contribution in [-0.2, 0) is 4.79 Å². The number of hydrogen-bond donors (Lipinski definition) is 2. The van der Waals surface area contributed by atoms with Crippen molar-refractivity contribution >= 4 is 5.91 Å². The maximum Gasteiger partial charge on any atom is 0.239 e. The summed E-state index contributed by atoms with van der Waals surface area (Å²) in [5, 5.41) is 3.29. The first kappa shape index (κ1) is 16.0. The van der Waals surface area contributed by atoms with Crippen molar-refractivity contribution in [2.24, 2.45) is 5.73 Å². The van der Waals surface area contributed by atoms with E-state index in [0.29, 0.717) is 6.61 Å². The minimum absolute atomic E-state index is 0.00613. The Bertz CT molecular complexity index is 596. The van der Waals surface area contributed by atoms with Gasteiger partial charge < -0.3 is 10.5 Å². The van der Waals surface area contributed by atoms with Crippen molar-refractivity contribution in [1.82, 2.24) is 5.32 Å². The van der Waals surface area contributed by atoms with Crippen molar-refractivity contribution in [1.29, 1.82) is 0 Å². The molecule has 2 aromatic rings.